The summed E-state index contributed by atoms with van der Waals surface area (Å²) in [6, 6.07) is 7.64. The SMILES string of the molecule is COCc1cccc(NC(=O)C(C)CCN)c1. The predicted molar refractivity (Wildman–Crippen MR) is 68.6 cm³/mol. The zero-order valence-electron chi connectivity index (χ0n) is 10.4. The fourth-order valence-corrected chi connectivity index (χ4v) is 1.55. The normalized spacial score (nSPS) is 12.2. The van der Waals surface area contributed by atoms with Gasteiger partial charge in [-0.1, -0.05) is 19.1 Å². The fraction of sp³-hybridized carbons (Fsp3) is 0.462. The van der Waals surface area contributed by atoms with Gasteiger partial charge in [0.05, 0.1) is 6.61 Å². The van der Waals surface area contributed by atoms with Crippen LogP contribution in [0.15, 0.2) is 24.3 Å². The summed E-state index contributed by atoms with van der Waals surface area (Å²) in [4.78, 5) is 11.8. The van der Waals surface area contributed by atoms with Gasteiger partial charge in [0.25, 0.3) is 0 Å². The van der Waals surface area contributed by atoms with Crippen LogP contribution in [-0.2, 0) is 16.1 Å². The van der Waals surface area contributed by atoms with Crippen molar-refractivity contribution in [3.05, 3.63) is 29.8 Å². The van der Waals surface area contributed by atoms with Crippen molar-refractivity contribution >= 4 is 11.6 Å². The lowest BCUT2D eigenvalue weighted by atomic mass is 10.1. The maximum absolute atomic E-state index is 11.8. The van der Waals surface area contributed by atoms with Crippen molar-refractivity contribution in [1.29, 1.82) is 0 Å². The van der Waals surface area contributed by atoms with Crippen molar-refractivity contribution < 1.29 is 9.53 Å². The molecular formula is C13H20N2O2. The van der Waals surface area contributed by atoms with Gasteiger partial charge < -0.3 is 15.8 Å². The molecule has 4 nitrogen and oxygen atoms in total. The third-order valence-corrected chi connectivity index (χ3v) is 2.55. The Hall–Kier alpha value is -1.39. The first-order valence-electron chi connectivity index (χ1n) is 5.76. The Morgan fingerprint density at radius 1 is 1.53 bits per heavy atom. The minimum atomic E-state index is -0.0638. The lowest BCUT2D eigenvalue weighted by Crippen LogP contribution is -2.22. The Balaban J connectivity index is 2.61. The van der Waals surface area contributed by atoms with Crippen LogP contribution in [0.3, 0.4) is 0 Å². The molecule has 94 valence electrons. The molecule has 1 aromatic carbocycles. The Bertz CT molecular complexity index is 366. The van der Waals surface area contributed by atoms with Crippen LogP contribution >= 0.6 is 0 Å². The zero-order chi connectivity index (χ0) is 12.7. The molecule has 1 amide bonds. The monoisotopic (exact) mass is 236 g/mol. The van der Waals surface area contributed by atoms with Crippen LogP contribution in [0.1, 0.15) is 18.9 Å². The quantitative estimate of drug-likeness (QED) is 0.791. The van der Waals surface area contributed by atoms with Gasteiger partial charge >= 0.3 is 0 Å². The highest BCUT2D eigenvalue weighted by atomic mass is 16.5. The van der Waals surface area contributed by atoms with Crippen molar-refractivity contribution in [3.63, 3.8) is 0 Å². The van der Waals surface area contributed by atoms with Gasteiger partial charge in [-0.05, 0) is 30.7 Å². The summed E-state index contributed by atoms with van der Waals surface area (Å²) in [6.45, 7) is 2.95. The number of carbonyl (C=O) groups is 1. The lowest BCUT2D eigenvalue weighted by molar-refractivity contribution is -0.119. The van der Waals surface area contributed by atoms with Crippen LogP contribution in [0, 0.1) is 5.92 Å². The topological polar surface area (TPSA) is 64.3 Å². The molecule has 0 aliphatic rings. The smallest absolute Gasteiger partial charge is 0.227 e. The van der Waals surface area contributed by atoms with Crippen LogP contribution in [0.2, 0.25) is 0 Å². The van der Waals surface area contributed by atoms with Crippen LogP contribution in [0.4, 0.5) is 5.69 Å². The largest absolute Gasteiger partial charge is 0.380 e. The third kappa shape index (κ3) is 4.54. The van der Waals surface area contributed by atoms with E-state index >= 15 is 0 Å². The lowest BCUT2D eigenvalue weighted by Gasteiger charge is -2.11. The van der Waals surface area contributed by atoms with E-state index in [9.17, 15) is 4.79 Å². The second kappa shape index (κ2) is 7.04. The molecular weight excluding hydrogens is 216 g/mol. The molecule has 0 saturated heterocycles. The number of amides is 1. The summed E-state index contributed by atoms with van der Waals surface area (Å²) in [5, 5.41) is 2.88. The van der Waals surface area contributed by atoms with Gasteiger partial charge in [-0.25, -0.2) is 0 Å². The van der Waals surface area contributed by atoms with Crippen LogP contribution in [0.5, 0.6) is 0 Å². The molecule has 0 fully saturated rings. The van der Waals surface area contributed by atoms with Crippen LogP contribution in [-0.4, -0.2) is 19.6 Å². The third-order valence-electron chi connectivity index (χ3n) is 2.55. The molecule has 3 N–H and O–H groups in total. The highest BCUT2D eigenvalue weighted by molar-refractivity contribution is 5.92. The number of nitrogens with two attached hydrogens (primary N) is 1. The molecule has 1 unspecified atom stereocenters. The summed E-state index contributed by atoms with van der Waals surface area (Å²) in [6.07, 6.45) is 0.698. The summed E-state index contributed by atoms with van der Waals surface area (Å²) in [5.74, 6) is -0.0592. The number of methoxy groups -OCH3 is 1. The Morgan fingerprint density at radius 2 is 2.29 bits per heavy atom. The number of carbonyl (C=O) groups excluding carboxylic acids is 1. The van der Waals surface area contributed by atoms with E-state index in [1.165, 1.54) is 0 Å². The number of hydrogen-bond donors (Lipinski definition) is 2. The molecule has 1 aromatic rings. The van der Waals surface area contributed by atoms with Gasteiger partial charge in [-0.3, -0.25) is 4.79 Å². The van der Waals surface area contributed by atoms with Gasteiger partial charge in [-0.15, -0.1) is 0 Å². The van der Waals surface area contributed by atoms with Crippen molar-refractivity contribution in [1.82, 2.24) is 0 Å². The average Bonchev–Trinajstić information content (AvgIpc) is 2.30. The number of ether oxygens (including phenoxy) is 1. The highest BCUT2D eigenvalue weighted by Crippen LogP contribution is 2.13. The zero-order valence-corrected chi connectivity index (χ0v) is 10.4. The van der Waals surface area contributed by atoms with Crippen LogP contribution in [0.25, 0.3) is 0 Å². The minimum Gasteiger partial charge on any atom is -0.380 e. The molecule has 0 saturated carbocycles. The summed E-state index contributed by atoms with van der Waals surface area (Å²) in [7, 11) is 1.65. The molecule has 1 atom stereocenters. The average molecular weight is 236 g/mol. The van der Waals surface area contributed by atoms with Crippen molar-refractivity contribution in [2.45, 2.75) is 20.0 Å². The minimum absolute atomic E-state index is 0.00465. The molecule has 0 aliphatic heterocycles. The fourth-order valence-electron chi connectivity index (χ4n) is 1.55. The summed E-state index contributed by atoms with van der Waals surface area (Å²) >= 11 is 0. The van der Waals surface area contributed by atoms with Gasteiger partial charge in [-0.2, -0.15) is 0 Å². The number of rotatable bonds is 6. The van der Waals surface area contributed by atoms with Gasteiger partial charge in [0, 0.05) is 18.7 Å². The number of nitrogens with one attached hydrogen (secondary N) is 1. The van der Waals surface area contributed by atoms with Crippen molar-refractivity contribution in [2.24, 2.45) is 11.7 Å². The summed E-state index contributed by atoms with van der Waals surface area (Å²) < 4.78 is 5.04. The maximum atomic E-state index is 11.8. The van der Waals surface area contributed by atoms with Gasteiger partial charge in [0.2, 0.25) is 5.91 Å². The van der Waals surface area contributed by atoms with Gasteiger partial charge in [0.15, 0.2) is 0 Å². The molecule has 0 heterocycles. The Labute approximate surface area is 102 Å². The van der Waals surface area contributed by atoms with E-state index < -0.39 is 0 Å². The second-order valence-electron chi connectivity index (χ2n) is 4.10. The van der Waals surface area contributed by atoms with E-state index in [1.807, 2.05) is 31.2 Å². The highest BCUT2D eigenvalue weighted by Gasteiger charge is 2.11. The second-order valence-corrected chi connectivity index (χ2v) is 4.10. The van der Waals surface area contributed by atoms with E-state index in [4.69, 9.17) is 10.5 Å². The van der Waals surface area contributed by atoms with E-state index in [1.54, 1.807) is 7.11 Å². The first kappa shape index (κ1) is 13.7. The van der Waals surface area contributed by atoms with Gasteiger partial charge in [0.1, 0.15) is 0 Å². The first-order chi connectivity index (χ1) is 8.17. The summed E-state index contributed by atoms with van der Waals surface area (Å²) in [5.41, 5.74) is 7.27. The maximum Gasteiger partial charge on any atom is 0.227 e. The Kier molecular flexibility index (Phi) is 5.66. The van der Waals surface area contributed by atoms with E-state index in [2.05, 4.69) is 5.32 Å². The number of benzene rings is 1. The van der Waals surface area contributed by atoms with E-state index in [0.29, 0.717) is 19.6 Å². The molecule has 0 radical (unpaired) electrons. The molecule has 0 bridgehead atoms. The van der Waals surface area contributed by atoms with E-state index in [-0.39, 0.29) is 11.8 Å². The number of anilines is 1. The molecule has 4 heteroatoms. The molecule has 1 rings (SSSR count). The molecule has 0 aromatic heterocycles. The standard InChI is InChI=1S/C13H20N2O2/c1-10(6-7-14)13(16)15-12-5-3-4-11(8-12)9-17-2/h3-5,8,10H,6-7,9,14H2,1-2H3,(H,15,16). The Morgan fingerprint density at radius 3 is 2.94 bits per heavy atom. The number of hydrogen-bond acceptors (Lipinski definition) is 3. The molecule has 17 heavy (non-hydrogen) atoms. The van der Waals surface area contributed by atoms with Crippen molar-refractivity contribution in [3.8, 4) is 0 Å². The molecule has 0 spiro atoms. The molecule has 0 aliphatic carbocycles. The van der Waals surface area contributed by atoms with E-state index in [0.717, 1.165) is 11.3 Å². The predicted octanol–water partition coefficient (Wildman–Crippen LogP) is 1.76. The first-order valence-corrected chi connectivity index (χ1v) is 5.76. The van der Waals surface area contributed by atoms with Crippen molar-refractivity contribution in [2.75, 3.05) is 19.0 Å². The van der Waals surface area contributed by atoms with Crippen LogP contribution < -0.4 is 11.1 Å².